The molecule has 6 heteroatoms. The van der Waals surface area contributed by atoms with Crippen LogP contribution in [0.15, 0.2) is 23.4 Å². The minimum Gasteiger partial charge on any atom is -0.325 e. The van der Waals surface area contributed by atoms with E-state index in [0.29, 0.717) is 5.92 Å². The molecule has 1 amide bonds. The molecule has 0 unspecified atom stereocenters. The van der Waals surface area contributed by atoms with Crippen molar-refractivity contribution in [2.45, 2.75) is 27.2 Å². The molecule has 0 aromatic carbocycles. The molecule has 2 atom stereocenters. The highest BCUT2D eigenvalue weighted by Gasteiger charge is 2.64. The monoisotopic (exact) mass is 338 g/mol. The maximum absolute atomic E-state index is 12.4. The number of allylic oxidation sites excluding steroid dienone is 2. The summed E-state index contributed by atoms with van der Waals surface area (Å²) in [5.74, 6) is 0.343. The lowest BCUT2D eigenvalue weighted by atomic mass is 9.96. The van der Waals surface area contributed by atoms with Crippen molar-refractivity contribution in [3.05, 3.63) is 39.3 Å². The van der Waals surface area contributed by atoms with Crippen LogP contribution in [0, 0.1) is 17.3 Å². The quantitative estimate of drug-likeness (QED) is 0.856. The molecule has 2 aliphatic carbocycles. The molecule has 0 spiro atoms. The molecule has 0 bridgehead atoms. The minimum absolute atomic E-state index is 0.0219. The number of rotatable bonds is 3. The molecular weight excluding hydrogens is 323 g/mol. The molecule has 0 radical (unpaired) electrons. The maximum atomic E-state index is 12.4. The van der Waals surface area contributed by atoms with Gasteiger partial charge in [-0.1, -0.05) is 37.0 Å². The predicted molar refractivity (Wildman–Crippen MR) is 84.8 cm³/mol. The number of Topliss-reactive ketones (excluding diaryl/α,β-unsaturated/α-hetero) is 1. The van der Waals surface area contributed by atoms with E-state index in [-0.39, 0.29) is 38.9 Å². The SMILES string of the molecule is CC(=O)C1=C(NC(=O)c2ccc(Cl)nc2Cl)C[C@@H]2[C@H]1C2(C)C. The molecule has 1 N–H and O–H groups in total. The number of carbonyl (C=O) groups is 2. The highest BCUT2D eigenvalue weighted by atomic mass is 35.5. The van der Waals surface area contributed by atoms with Crippen LogP contribution in [-0.4, -0.2) is 16.7 Å². The molecule has 1 heterocycles. The Morgan fingerprint density at radius 1 is 1.32 bits per heavy atom. The van der Waals surface area contributed by atoms with Gasteiger partial charge in [-0.3, -0.25) is 9.59 Å². The van der Waals surface area contributed by atoms with Gasteiger partial charge in [0, 0.05) is 11.3 Å². The summed E-state index contributed by atoms with van der Waals surface area (Å²) in [6.07, 6.45) is 0.719. The van der Waals surface area contributed by atoms with E-state index in [1.807, 2.05) is 0 Å². The lowest BCUT2D eigenvalue weighted by Crippen LogP contribution is -2.26. The maximum Gasteiger partial charge on any atom is 0.258 e. The number of nitrogens with zero attached hydrogens (tertiary/aromatic N) is 1. The lowest BCUT2D eigenvalue weighted by molar-refractivity contribution is -0.114. The van der Waals surface area contributed by atoms with E-state index in [9.17, 15) is 9.59 Å². The van der Waals surface area contributed by atoms with Crippen molar-refractivity contribution < 1.29 is 9.59 Å². The Morgan fingerprint density at radius 3 is 2.59 bits per heavy atom. The van der Waals surface area contributed by atoms with Crippen LogP contribution in [0.1, 0.15) is 37.6 Å². The largest absolute Gasteiger partial charge is 0.325 e. The Kier molecular flexibility index (Phi) is 3.57. The van der Waals surface area contributed by atoms with Crippen molar-refractivity contribution in [1.29, 1.82) is 0 Å². The molecule has 0 aliphatic heterocycles. The van der Waals surface area contributed by atoms with Crippen LogP contribution >= 0.6 is 23.2 Å². The Morgan fingerprint density at radius 2 is 2.00 bits per heavy atom. The topological polar surface area (TPSA) is 59.1 Å². The third kappa shape index (κ3) is 2.34. The fourth-order valence-corrected chi connectivity index (χ4v) is 3.98. The van der Waals surface area contributed by atoms with Crippen molar-refractivity contribution in [1.82, 2.24) is 10.3 Å². The van der Waals surface area contributed by atoms with Crippen molar-refractivity contribution in [3.63, 3.8) is 0 Å². The zero-order valence-corrected chi connectivity index (χ0v) is 14.0. The van der Waals surface area contributed by atoms with Gasteiger partial charge in [0.05, 0.1) is 5.56 Å². The summed E-state index contributed by atoms with van der Waals surface area (Å²) in [6, 6.07) is 3.04. The molecule has 3 rings (SSSR count). The molecule has 1 aromatic heterocycles. The number of hydrogen-bond donors (Lipinski definition) is 1. The van der Waals surface area contributed by atoms with Gasteiger partial charge >= 0.3 is 0 Å². The molecule has 1 fully saturated rings. The Balaban J connectivity index is 1.86. The summed E-state index contributed by atoms with van der Waals surface area (Å²) < 4.78 is 0. The van der Waals surface area contributed by atoms with Gasteiger partial charge in [-0.25, -0.2) is 4.98 Å². The summed E-state index contributed by atoms with van der Waals surface area (Å²) in [5.41, 5.74) is 1.87. The second-order valence-electron chi connectivity index (χ2n) is 6.48. The molecule has 1 aromatic rings. The van der Waals surface area contributed by atoms with Gasteiger partial charge in [0.25, 0.3) is 5.91 Å². The van der Waals surface area contributed by atoms with Crippen LogP contribution < -0.4 is 5.32 Å². The number of pyridine rings is 1. The molecule has 4 nitrogen and oxygen atoms in total. The van der Waals surface area contributed by atoms with Crippen molar-refractivity contribution >= 4 is 34.9 Å². The van der Waals surface area contributed by atoms with Gasteiger partial charge in [-0.2, -0.15) is 0 Å². The van der Waals surface area contributed by atoms with Crippen LogP contribution in [0.3, 0.4) is 0 Å². The predicted octanol–water partition coefficient (Wildman–Crippen LogP) is 3.64. The Hall–Kier alpha value is -1.39. The number of amides is 1. The van der Waals surface area contributed by atoms with Crippen molar-refractivity contribution in [3.8, 4) is 0 Å². The first kappa shape index (κ1) is 15.5. The number of nitrogens with one attached hydrogen (secondary N) is 1. The summed E-state index contributed by atoms with van der Waals surface area (Å²) >= 11 is 11.7. The normalized spacial score (nSPS) is 25.0. The molecule has 116 valence electrons. The fraction of sp³-hybridized carbons (Fsp3) is 0.438. The molecular formula is C16H16Cl2N2O2. The van der Waals surface area contributed by atoms with E-state index in [2.05, 4.69) is 24.1 Å². The minimum atomic E-state index is -0.359. The summed E-state index contributed by atoms with van der Waals surface area (Å²) in [6.45, 7) is 5.86. The van der Waals surface area contributed by atoms with Gasteiger partial charge in [-0.15, -0.1) is 0 Å². The highest BCUT2D eigenvalue weighted by molar-refractivity contribution is 6.34. The number of aromatic nitrogens is 1. The van der Waals surface area contributed by atoms with E-state index in [1.165, 1.54) is 12.1 Å². The molecule has 22 heavy (non-hydrogen) atoms. The first-order chi connectivity index (χ1) is 10.2. The van der Waals surface area contributed by atoms with Crippen molar-refractivity contribution in [2.75, 3.05) is 0 Å². The number of hydrogen-bond acceptors (Lipinski definition) is 3. The summed E-state index contributed by atoms with van der Waals surface area (Å²) in [7, 11) is 0. The standard InChI is InChI=1S/C16H16Cl2N2O2/c1-7(21)12-10(6-9-13(12)16(9,2)3)19-15(22)8-4-5-11(17)20-14(8)18/h4-5,9,13H,6H2,1-3H3,(H,19,22)/t9-,13-/m1/s1. The third-order valence-corrected chi connectivity index (χ3v) is 5.31. The van der Waals surface area contributed by atoms with E-state index < -0.39 is 0 Å². The van der Waals surface area contributed by atoms with Gasteiger partial charge in [0.1, 0.15) is 10.3 Å². The smallest absolute Gasteiger partial charge is 0.258 e. The molecule has 1 saturated carbocycles. The molecule has 0 saturated heterocycles. The number of halogens is 2. The van der Waals surface area contributed by atoms with Gasteiger partial charge < -0.3 is 5.32 Å². The first-order valence-electron chi connectivity index (χ1n) is 7.11. The number of fused-ring (bicyclic) bond motifs is 1. The second-order valence-corrected chi connectivity index (χ2v) is 7.23. The first-order valence-corrected chi connectivity index (χ1v) is 7.86. The Labute approximate surface area is 138 Å². The summed E-state index contributed by atoms with van der Waals surface area (Å²) in [5, 5.41) is 3.12. The van der Waals surface area contributed by atoms with Crippen LogP contribution in [0.4, 0.5) is 0 Å². The fourth-order valence-electron chi connectivity index (χ4n) is 3.55. The third-order valence-electron chi connectivity index (χ3n) is 4.81. The number of ketones is 1. The lowest BCUT2D eigenvalue weighted by Gasteiger charge is -2.15. The van der Waals surface area contributed by atoms with E-state index in [0.717, 1.165) is 17.7 Å². The molecule has 2 aliphatic rings. The van der Waals surface area contributed by atoms with E-state index in [4.69, 9.17) is 23.2 Å². The summed E-state index contributed by atoms with van der Waals surface area (Å²) in [4.78, 5) is 28.2. The van der Waals surface area contributed by atoms with Crippen molar-refractivity contribution in [2.24, 2.45) is 17.3 Å². The highest BCUT2D eigenvalue weighted by Crippen LogP contribution is 2.68. The van der Waals surface area contributed by atoms with Crippen LogP contribution in [-0.2, 0) is 4.79 Å². The number of carbonyl (C=O) groups excluding carboxylic acids is 2. The van der Waals surface area contributed by atoms with Crippen LogP contribution in [0.5, 0.6) is 0 Å². The van der Waals surface area contributed by atoms with Crippen LogP contribution in [0.2, 0.25) is 10.3 Å². The second kappa shape index (κ2) is 5.07. The average Bonchev–Trinajstić information content (AvgIpc) is 2.79. The van der Waals surface area contributed by atoms with Gasteiger partial charge in [0.15, 0.2) is 5.78 Å². The zero-order chi connectivity index (χ0) is 16.2. The van der Waals surface area contributed by atoms with E-state index >= 15 is 0 Å². The average molecular weight is 339 g/mol. The van der Waals surface area contributed by atoms with Gasteiger partial charge in [-0.05, 0) is 42.7 Å². The van der Waals surface area contributed by atoms with Crippen LogP contribution in [0.25, 0.3) is 0 Å². The van der Waals surface area contributed by atoms with E-state index in [1.54, 1.807) is 6.92 Å². The Bertz CT molecular complexity index is 725. The zero-order valence-electron chi connectivity index (χ0n) is 12.5. The van der Waals surface area contributed by atoms with Gasteiger partial charge in [0.2, 0.25) is 0 Å².